The Kier molecular flexibility index (Phi) is 3.38. The molecule has 0 aliphatic carbocycles. The molecule has 0 amide bonds. The van der Waals surface area contributed by atoms with Crippen LogP contribution < -0.4 is 0 Å². The maximum absolute atomic E-state index is 5.58. The van der Waals surface area contributed by atoms with E-state index in [0.29, 0.717) is 24.1 Å². The second kappa shape index (κ2) is 4.77. The predicted octanol–water partition coefficient (Wildman–Crippen LogP) is 3.28. The van der Waals surface area contributed by atoms with Crippen molar-refractivity contribution in [3.8, 4) is 11.5 Å². The Morgan fingerprint density at radius 2 is 1.93 bits per heavy atom. The molecule has 1 aromatic heterocycles. The van der Waals surface area contributed by atoms with E-state index >= 15 is 0 Å². The van der Waals surface area contributed by atoms with Crippen LogP contribution in [0.25, 0.3) is 11.5 Å². The van der Waals surface area contributed by atoms with Crippen molar-refractivity contribution in [2.45, 2.75) is 6.42 Å². The number of benzene rings is 1. The summed E-state index contributed by atoms with van der Waals surface area (Å²) in [4.78, 5) is 0. The average molecular weight is 288 g/mol. The zero-order valence-corrected chi connectivity index (χ0v) is 10.1. The van der Waals surface area contributed by atoms with E-state index in [-0.39, 0.29) is 0 Å². The highest BCUT2D eigenvalue weighted by atomic mass is 79.9. The Morgan fingerprint density at radius 1 is 1.20 bits per heavy atom. The first-order valence-corrected chi connectivity index (χ1v) is 5.76. The molecule has 0 atom stereocenters. The summed E-state index contributed by atoms with van der Waals surface area (Å²) in [5, 5.41) is 7.84. The molecule has 0 aliphatic heterocycles. The van der Waals surface area contributed by atoms with Crippen molar-refractivity contribution in [3.05, 3.63) is 34.6 Å². The first-order chi connectivity index (χ1) is 7.29. The summed E-state index contributed by atoms with van der Waals surface area (Å²) in [5.74, 6) is 1.59. The Labute approximate surface area is 101 Å². The molecule has 1 aromatic carbocycles. The number of rotatable bonds is 3. The molecule has 0 spiro atoms. The minimum atomic E-state index is 0.488. The number of nitrogens with zero attached hydrogens (tertiary/aromatic N) is 2. The minimum absolute atomic E-state index is 0.488. The molecule has 0 radical (unpaired) electrons. The second-order valence-electron chi connectivity index (χ2n) is 2.95. The van der Waals surface area contributed by atoms with Crippen LogP contribution in [0.2, 0.25) is 0 Å². The van der Waals surface area contributed by atoms with Crippen molar-refractivity contribution in [3.63, 3.8) is 0 Å². The van der Waals surface area contributed by atoms with Gasteiger partial charge in [-0.25, -0.2) is 0 Å². The van der Waals surface area contributed by atoms with Crippen molar-refractivity contribution >= 4 is 27.5 Å². The first-order valence-electron chi connectivity index (χ1n) is 4.44. The van der Waals surface area contributed by atoms with Crippen LogP contribution in [0.1, 0.15) is 5.89 Å². The molecule has 3 nitrogen and oxygen atoms in total. The van der Waals surface area contributed by atoms with Crippen molar-refractivity contribution in [2.24, 2.45) is 0 Å². The number of halogens is 2. The third-order valence-electron chi connectivity index (χ3n) is 1.87. The molecule has 0 bridgehead atoms. The summed E-state index contributed by atoms with van der Waals surface area (Å²) in [6, 6.07) is 7.70. The second-order valence-corrected chi connectivity index (χ2v) is 4.24. The van der Waals surface area contributed by atoms with Crippen molar-refractivity contribution < 1.29 is 4.42 Å². The van der Waals surface area contributed by atoms with Crippen LogP contribution in [0.15, 0.2) is 33.2 Å². The lowest BCUT2D eigenvalue weighted by molar-refractivity contribution is 0.513. The highest BCUT2D eigenvalue weighted by molar-refractivity contribution is 9.10. The van der Waals surface area contributed by atoms with Gasteiger partial charge in [0.25, 0.3) is 0 Å². The molecule has 78 valence electrons. The molecule has 0 N–H and O–H groups in total. The summed E-state index contributed by atoms with van der Waals surface area (Å²) in [6.07, 6.45) is 0.602. The van der Waals surface area contributed by atoms with Gasteiger partial charge in [-0.2, -0.15) is 0 Å². The number of alkyl halides is 1. The Balaban J connectivity index is 2.25. The predicted molar refractivity (Wildman–Crippen MR) is 61.9 cm³/mol. The number of aromatic nitrogens is 2. The van der Waals surface area contributed by atoms with Crippen LogP contribution >= 0.6 is 27.5 Å². The van der Waals surface area contributed by atoms with E-state index in [0.717, 1.165) is 10.0 Å². The van der Waals surface area contributed by atoms with Gasteiger partial charge in [-0.15, -0.1) is 21.8 Å². The summed E-state index contributed by atoms with van der Waals surface area (Å²) in [6.45, 7) is 0. The van der Waals surface area contributed by atoms with E-state index in [1.165, 1.54) is 0 Å². The Hall–Kier alpha value is -0.870. The lowest BCUT2D eigenvalue weighted by Crippen LogP contribution is -1.84. The van der Waals surface area contributed by atoms with Gasteiger partial charge in [-0.1, -0.05) is 15.9 Å². The quantitative estimate of drug-likeness (QED) is 0.813. The van der Waals surface area contributed by atoms with E-state index in [9.17, 15) is 0 Å². The van der Waals surface area contributed by atoms with Crippen molar-refractivity contribution in [2.75, 3.05) is 5.88 Å². The largest absolute Gasteiger partial charge is 0.421 e. The molecular weight excluding hydrogens is 279 g/mol. The van der Waals surface area contributed by atoms with Crippen LogP contribution in [0.3, 0.4) is 0 Å². The third kappa shape index (κ3) is 2.58. The summed E-state index contributed by atoms with van der Waals surface area (Å²) in [7, 11) is 0. The maximum Gasteiger partial charge on any atom is 0.247 e. The van der Waals surface area contributed by atoms with Crippen LogP contribution in [-0.4, -0.2) is 16.1 Å². The molecule has 0 unspecified atom stereocenters. The topological polar surface area (TPSA) is 38.9 Å². The van der Waals surface area contributed by atoms with E-state index in [1.807, 2.05) is 24.3 Å². The highest BCUT2D eigenvalue weighted by Crippen LogP contribution is 2.20. The zero-order chi connectivity index (χ0) is 10.7. The van der Waals surface area contributed by atoms with Crippen LogP contribution in [-0.2, 0) is 6.42 Å². The van der Waals surface area contributed by atoms with Gasteiger partial charge < -0.3 is 4.42 Å². The van der Waals surface area contributed by atoms with Crippen LogP contribution in [0.5, 0.6) is 0 Å². The van der Waals surface area contributed by atoms with Gasteiger partial charge in [0, 0.05) is 22.3 Å². The fourth-order valence-electron chi connectivity index (χ4n) is 1.14. The van der Waals surface area contributed by atoms with Gasteiger partial charge in [-0.3, -0.25) is 0 Å². The number of hydrogen-bond acceptors (Lipinski definition) is 3. The lowest BCUT2D eigenvalue weighted by Gasteiger charge is -1.94. The zero-order valence-electron chi connectivity index (χ0n) is 7.78. The third-order valence-corrected chi connectivity index (χ3v) is 2.58. The van der Waals surface area contributed by atoms with Crippen LogP contribution in [0, 0.1) is 0 Å². The molecule has 2 aromatic rings. The summed E-state index contributed by atoms with van der Waals surface area (Å²) >= 11 is 8.94. The van der Waals surface area contributed by atoms with E-state index in [4.69, 9.17) is 16.0 Å². The molecule has 0 fully saturated rings. The van der Waals surface area contributed by atoms with Gasteiger partial charge >= 0.3 is 0 Å². The SMILES string of the molecule is ClCCc1nnc(-c2ccc(Br)cc2)o1. The fraction of sp³-hybridized carbons (Fsp3) is 0.200. The van der Waals surface area contributed by atoms with Gasteiger partial charge in [0.15, 0.2) is 0 Å². The molecular formula is C10H8BrClN2O. The minimum Gasteiger partial charge on any atom is -0.421 e. The molecule has 0 saturated heterocycles. The molecule has 1 heterocycles. The standard InChI is InChI=1S/C10H8BrClN2O/c11-8-3-1-7(2-4-8)10-14-13-9(15-10)5-6-12/h1-4H,5-6H2. The smallest absolute Gasteiger partial charge is 0.247 e. The lowest BCUT2D eigenvalue weighted by atomic mass is 10.2. The molecule has 0 saturated carbocycles. The van der Waals surface area contributed by atoms with Gasteiger partial charge in [0.2, 0.25) is 11.8 Å². The monoisotopic (exact) mass is 286 g/mol. The van der Waals surface area contributed by atoms with Crippen molar-refractivity contribution in [1.82, 2.24) is 10.2 Å². The average Bonchev–Trinajstić information content (AvgIpc) is 2.68. The fourth-order valence-corrected chi connectivity index (χ4v) is 1.57. The molecule has 0 aliphatic rings. The van der Waals surface area contributed by atoms with Gasteiger partial charge in [0.05, 0.1) is 0 Å². The number of aryl methyl sites for hydroxylation is 1. The maximum atomic E-state index is 5.58. The van der Waals surface area contributed by atoms with Crippen LogP contribution in [0.4, 0.5) is 0 Å². The van der Waals surface area contributed by atoms with Crippen molar-refractivity contribution in [1.29, 1.82) is 0 Å². The first kappa shape index (κ1) is 10.6. The molecule has 15 heavy (non-hydrogen) atoms. The van der Waals surface area contributed by atoms with E-state index in [1.54, 1.807) is 0 Å². The molecule has 5 heteroatoms. The summed E-state index contributed by atoms with van der Waals surface area (Å²) in [5.41, 5.74) is 0.909. The Bertz CT molecular complexity index is 441. The summed E-state index contributed by atoms with van der Waals surface area (Å²) < 4.78 is 6.45. The van der Waals surface area contributed by atoms with E-state index < -0.39 is 0 Å². The highest BCUT2D eigenvalue weighted by Gasteiger charge is 2.07. The normalized spacial score (nSPS) is 10.5. The number of hydrogen-bond donors (Lipinski definition) is 0. The van der Waals surface area contributed by atoms with Gasteiger partial charge in [0.1, 0.15) is 0 Å². The Morgan fingerprint density at radius 3 is 2.60 bits per heavy atom. The van der Waals surface area contributed by atoms with Gasteiger partial charge in [-0.05, 0) is 24.3 Å². The molecule has 2 rings (SSSR count). The van der Waals surface area contributed by atoms with E-state index in [2.05, 4.69) is 26.1 Å².